The molecule has 0 heterocycles. The first-order valence-corrected chi connectivity index (χ1v) is 5.56. The quantitative estimate of drug-likeness (QED) is 0.830. The molecule has 1 amide bonds. The molecule has 0 saturated carbocycles. The third-order valence-corrected chi connectivity index (χ3v) is 2.51. The number of amides is 1. The molecule has 5 heteroatoms. The number of terminal acetylenes is 1. The summed E-state index contributed by atoms with van der Waals surface area (Å²) in [7, 11) is 0. The molecule has 1 aromatic rings. The molecule has 0 aliphatic carbocycles. The lowest BCUT2D eigenvalue weighted by Gasteiger charge is -2.11. The largest absolute Gasteiger partial charge is 0.480 e. The van der Waals surface area contributed by atoms with E-state index in [1.807, 2.05) is 0 Å². The Morgan fingerprint density at radius 1 is 1.53 bits per heavy atom. The van der Waals surface area contributed by atoms with Crippen LogP contribution in [0.1, 0.15) is 16.8 Å². The SMILES string of the molecule is C#CC[C@H](NC(=O)c1cccc(Br)c1)C(=O)O. The van der Waals surface area contributed by atoms with Crippen molar-refractivity contribution in [2.45, 2.75) is 12.5 Å². The van der Waals surface area contributed by atoms with Crippen molar-refractivity contribution in [3.63, 3.8) is 0 Å². The zero-order valence-electron chi connectivity index (χ0n) is 8.81. The molecule has 2 N–H and O–H groups in total. The van der Waals surface area contributed by atoms with Crippen LogP contribution in [0.4, 0.5) is 0 Å². The van der Waals surface area contributed by atoms with Gasteiger partial charge in [-0.05, 0) is 18.2 Å². The smallest absolute Gasteiger partial charge is 0.327 e. The van der Waals surface area contributed by atoms with Gasteiger partial charge in [-0.1, -0.05) is 22.0 Å². The van der Waals surface area contributed by atoms with Crippen LogP contribution in [0.15, 0.2) is 28.7 Å². The Morgan fingerprint density at radius 2 is 2.24 bits per heavy atom. The Kier molecular flexibility index (Phi) is 4.73. The minimum Gasteiger partial charge on any atom is -0.480 e. The molecule has 0 bridgehead atoms. The van der Waals surface area contributed by atoms with Gasteiger partial charge < -0.3 is 10.4 Å². The van der Waals surface area contributed by atoms with E-state index in [2.05, 4.69) is 27.2 Å². The van der Waals surface area contributed by atoms with Crippen LogP contribution in [0.2, 0.25) is 0 Å². The Morgan fingerprint density at radius 3 is 2.76 bits per heavy atom. The van der Waals surface area contributed by atoms with Gasteiger partial charge in [-0.25, -0.2) is 4.79 Å². The van der Waals surface area contributed by atoms with Gasteiger partial charge in [0.25, 0.3) is 5.91 Å². The summed E-state index contributed by atoms with van der Waals surface area (Å²) in [5.74, 6) is 0.602. The van der Waals surface area contributed by atoms with Crippen LogP contribution in [0.5, 0.6) is 0 Å². The third kappa shape index (κ3) is 3.93. The highest BCUT2D eigenvalue weighted by Crippen LogP contribution is 2.11. The number of rotatable bonds is 4. The lowest BCUT2D eigenvalue weighted by atomic mass is 10.1. The molecule has 1 aromatic carbocycles. The number of carbonyl (C=O) groups excluding carboxylic acids is 1. The van der Waals surface area contributed by atoms with Crippen LogP contribution in [0, 0.1) is 12.3 Å². The predicted molar refractivity (Wildman–Crippen MR) is 66.5 cm³/mol. The first-order chi connectivity index (χ1) is 8.04. The fourth-order valence-electron chi connectivity index (χ4n) is 1.19. The van der Waals surface area contributed by atoms with Crippen molar-refractivity contribution in [1.82, 2.24) is 5.32 Å². The van der Waals surface area contributed by atoms with E-state index in [-0.39, 0.29) is 6.42 Å². The zero-order valence-corrected chi connectivity index (χ0v) is 10.4. The van der Waals surface area contributed by atoms with Gasteiger partial charge in [0, 0.05) is 16.5 Å². The summed E-state index contributed by atoms with van der Waals surface area (Å²) in [6, 6.07) is 5.59. The molecular weight excluding hydrogens is 286 g/mol. The minimum absolute atomic E-state index is 0.0466. The van der Waals surface area contributed by atoms with E-state index in [0.29, 0.717) is 5.56 Å². The molecule has 4 nitrogen and oxygen atoms in total. The number of carboxylic acids is 1. The molecule has 0 aliphatic rings. The molecule has 1 atom stereocenters. The summed E-state index contributed by atoms with van der Waals surface area (Å²) in [5.41, 5.74) is 0.377. The summed E-state index contributed by atoms with van der Waals surface area (Å²) in [5, 5.41) is 11.2. The number of nitrogens with one attached hydrogen (secondary N) is 1. The fraction of sp³-hybridized carbons (Fsp3) is 0.167. The number of halogens is 1. The summed E-state index contributed by atoms with van der Waals surface area (Å²) in [4.78, 5) is 22.5. The second-order valence-corrected chi connectivity index (χ2v) is 4.20. The van der Waals surface area contributed by atoms with Gasteiger partial charge in [-0.3, -0.25) is 4.79 Å². The van der Waals surface area contributed by atoms with Gasteiger partial charge in [0.1, 0.15) is 6.04 Å². The van der Waals surface area contributed by atoms with Crippen LogP contribution < -0.4 is 5.32 Å². The summed E-state index contributed by atoms with van der Waals surface area (Å²) in [6.45, 7) is 0. The van der Waals surface area contributed by atoms with E-state index in [4.69, 9.17) is 11.5 Å². The second kappa shape index (κ2) is 6.06. The van der Waals surface area contributed by atoms with Gasteiger partial charge in [-0.2, -0.15) is 0 Å². The van der Waals surface area contributed by atoms with Crippen LogP contribution in [-0.4, -0.2) is 23.0 Å². The first kappa shape index (κ1) is 13.3. The van der Waals surface area contributed by atoms with Gasteiger partial charge >= 0.3 is 5.97 Å². The summed E-state index contributed by atoms with van der Waals surface area (Å²) >= 11 is 3.23. The van der Waals surface area contributed by atoms with Crippen LogP contribution in [0.25, 0.3) is 0 Å². The topological polar surface area (TPSA) is 66.4 Å². The molecule has 0 aliphatic heterocycles. The molecule has 17 heavy (non-hydrogen) atoms. The summed E-state index contributed by atoms with van der Waals surface area (Å²) in [6.07, 6.45) is 4.99. The third-order valence-electron chi connectivity index (χ3n) is 2.01. The van der Waals surface area contributed by atoms with Crippen LogP contribution >= 0.6 is 15.9 Å². The van der Waals surface area contributed by atoms with Crippen molar-refractivity contribution < 1.29 is 14.7 Å². The number of hydrogen-bond donors (Lipinski definition) is 2. The highest BCUT2D eigenvalue weighted by molar-refractivity contribution is 9.10. The highest BCUT2D eigenvalue weighted by Gasteiger charge is 2.19. The highest BCUT2D eigenvalue weighted by atomic mass is 79.9. The van der Waals surface area contributed by atoms with Crippen LogP contribution in [-0.2, 0) is 4.79 Å². The van der Waals surface area contributed by atoms with Gasteiger partial charge in [0.2, 0.25) is 0 Å². The van der Waals surface area contributed by atoms with E-state index in [1.165, 1.54) is 0 Å². The van der Waals surface area contributed by atoms with E-state index in [0.717, 1.165) is 4.47 Å². The molecular formula is C12H10BrNO3. The van der Waals surface area contributed by atoms with E-state index in [1.54, 1.807) is 24.3 Å². The van der Waals surface area contributed by atoms with Crippen molar-refractivity contribution in [1.29, 1.82) is 0 Å². The number of carboxylic acid groups (broad SMARTS) is 1. The van der Waals surface area contributed by atoms with E-state index < -0.39 is 17.9 Å². The maximum Gasteiger partial charge on any atom is 0.327 e. The molecule has 0 aromatic heterocycles. The van der Waals surface area contributed by atoms with Gasteiger partial charge in [0.05, 0.1) is 0 Å². The molecule has 0 spiro atoms. The number of carbonyl (C=O) groups is 2. The Hall–Kier alpha value is -1.80. The van der Waals surface area contributed by atoms with Crippen molar-refractivity contribution in [3.05, 3.63) is 34.3 Å². The lowest BCUT2D eigenvalue weighted by molar-refractivity contribution is -0.139. The average Bonchev–Trinajstić information content (AvgIpc) is 2.28. The summed E-state index contributed by atoms with van der Waals surface area (Å²) < 4.78 is 0.744. The Bertz CT molecular complexity index is 479. The predicted octanol–water partition coefficient (Wildman–Crippen LogP) is 1.66. The number of aliphatic carboxylic acids is 1. The molecule has 88 valence electrons. The fourth-order valence-corrected chi connectivity index (χ4v) is 1.59. The normalized spacial score (nSPS) is 11.3. The van der Waals surface area contributed by atoms with E-state index in [9.17, 15) is 9.59 Å². The monoisotopic (exact) mass is 295 g/mol. The lowest BCUT2D eigenvalue weighted by Crippen LogP contribution is -2.40. The van der Waals surface area contributed by atoms with Crippen molar-refractivity contribution in [2.24, 2.45) is 0 Å². The number of hydrogen-bond acceptors (Lipinski definition) is 2. The Labute approximate surface area is 107 Å². The first-order valence-electron chi connectivity index (χ1n) is 4.77. The molecule has 1 rings (SSSR count). The second-order valence-electron chi connectivity index (χ2n) is 3.28. The maximum absolute atomic E-state index is 11.7. The maximum atomic E-state index is 11.7. The average molecular weight is 296 g/mol. The molecule has 0 fully saturated rings. The van der Waals surface area contributed by atoms with Crippen molar-refractivity contribution in [3.8, 4) is 12.3 Å². The molecule has 0 unspecified atom stereocenters. The van der Waals surface area contributed by atoms with Gasteiger partial charge in [-0.15, -0.1) is 12.3 Å². The van der Waals surface area contributed by atoms with Crippen molar-refractivity contribution >= 4 is 27.8 Å². The zero-order chi connectivity index (χ0) is 12.8. The van der Waals surface area contributed by atoms with E-state index >= 15 is 0 Å². The molecule has 0 radical (unpaired) electrons. The standard InChI is InChI=1S/C12H10BrNO3/c1-2-4-10(12(16)17)14-11(15)8-5-3-6-9(13)7-8/h1,3,5-7,10H,4H2,(H,14,15)(H,16,17)/t10-/m0/s1. The Balaban J connectivity index is 2.78. The van der Waals surface area contributed by atoms with Gasteiger partial charge in [0.15, 0.2) is 0 Å². The molecule has 0 saturated heterocycles. The number of benzene rings is 1. The minimum atomic E-state index is -1.15. The van der Waals surface area contributed by atoms with Crippen molar-refractivity contribution in [2.75, 3.05) is 0 Å². The van der Waals surface area contributed by atoms with Crippen LogP contribution in [0.3, 0.4) is 0 Å².